The molecule has 0 aliphatic heterocycles. The first kappa shape index (κ1) is 10.5. The topological polar surface area (TPSA) is 55.2 Å². The van der Waals surface area contributed by atoms with E-state index < -0.39 is 5.76 Å². The van der Waals surface area contributed by atoms with E-state index in [9.17, 15) is 4.79 Å². The Bertz CT molecular complexity index is 539. The Kier molecular flexibility index (Phi) is 2.81. The molecular weight excluding hydrogens is 206 g/mol. The zero-order valence-electron chi connectivity index (χ0n) is 9.24. The molecule has 1 aromatic heterocycles. The van der Waals surface area contributed by atoms with Crippen molar-refractivity contribution in [2.75, 3.05) is 0 Å². The van der Waals surface area contributed by atoms with E-state index in [0.29, 0.717) is 5.76 Å². The van der Waals surface area contributed by atoms with E-state index >= 15 is 0 Å². The van der Waals surface area contributed by atoms with E-state index in [0.717, 1.165) is 11.3 Å². The highest BCUT2D eigenvalue weighted by Gasteiger charge is 2.03. The van der Waals surface area contributed by atoms with Gasteiger partial charge in [-0.2, -0.15) is 0 Å². The second-order valence-electron chi connectivity index (χ2n) is 3.70. The second kappa shape index (κ2) is 4.26. The molecule has 0 aliphatic rings. The van der Waals surface area contributed by atoms with E-state index in [-0.39, 0.29) is 6.61 Å². The van der Waals surface area contributed by atoms with E-state index in [1.165, 1.54) is 11.8 Å². The lowest BCUT2D eigenvalue weighted by Gasteiger charge is -2.07. The van der Waals surface area contributed by atoms with Gasteiger partial charge < -0.3 is 9.15 Å². The summed E-state index contributed by atoms with van der Waals surface area (Å²) in [5.41, 5.74) is 2.26. The van der Waals surface area contributed by atoms with Crippen molar-refractivity contribution in [1.82, 2.24) is 4.98 Å². The van der Waals surface area contributed by atoms with Crippen molar-refractivity contribution in [2.24, 2.45) is 0 Å². The van der Waals surface area contributed by atoms with Crippen LogP contribution in [0.4, 0.5) is 0 Å². The molecular formula is C12H13NO3. The number of H-pyrrole nitrogens is 1. The Hall–Kier alpha value is -1.97. The van der Waals surface area contributed by atoms with Crippen LogP contribution in [0.3, 0.4) is 0 Å². The summed E-state index contributed by atoms with van der Waals surface area (Å²) in [6.45, 7) is 4.26. The number of hydrogen-bond donors (Lipinski definition) is 1. The van der Waals surface area contributed by atoms with E-state index in [4.69, 9.17) is 9.15 Å². The van der Waals surface area contributed by atoms with E-state index in [2.05, 4.69) is 4.98 Å². The van der Waals surface area contributed by atoms with Crippen LogP contribution in [0.25, 0.3) is 0 Å². The van der Waals surface area contributed by atoms with Gasteiger partial charge in [0.2, 0.25) is 0 Å². The quantitative estimate of drug-likeness (QED) is 0.860. The number of hydrogen-bond acceptors (Lipinski definition) is 3. The van der Waals surface area contributed by atoms with Crippen molar-refractivity contribution in [3.63, 3.8) is 0 Å². The van der Waals surface area contributed by atoms with Crippen molar-refractivity contribution in [2.45, 2.75) is 20.5 Å². The SMILES string of the molecule is Cc1ccc(OCc2c[nH]c(=O)o2)c(C)c1. The smallest absolute Gasteiger partial charge is 0.416 e. The largest absolute Gasteiger partial charge is 0.485 e. The minimum Gasteiger partial charge on any atom is -0.485 e. The van der Waals surface area contributed by atoms with Crippen LogP contribution in [0.2, 0.25) is 0 Å². The van der Waals surface area contributed by atoms with Gasteiger partial charge in [-0.25, -0.2) is 4.79 Å². The summed E-state index contributed by atoms with van der Waals surface area (Å²) in [5, 5.41) is 0. The molecule has 0 saturated carbocycles. The van der Waals surface area contributed by atoms with Crippen molar-refractivity contribution in [3.8, 4) is 5.75 Å². The molecule has 1 heterocycles. The molecule has 0 spiro atoms. The standard InChI is InChI=1S/C12H13NO3/c1-8-3-4-11(9(2)5-8)15-7-10-6-13-12(14)16-10/h3-6H,7H2,1-2H3,(H,13,14). The summed E-state index contributed by atoms with van der Waals surface area (Å²) in [6, 6.07) is 5.94. The summed E-state index contributed by atoms with van der Waals surface area (Å²) in [4.78, 5) is 13.2. The normalized spacial score (nSPS) is 10.4. The molecule has 0 aliphatic carbocycles. The predicted octanol–water partition coefficient (Wildman–Crippen LogP) is 2.16. The lowest BCUT2D eigenvalue weighted by molar-refractivity contribution is 0.264. The number of rotatable bonds is 3. The highest BCUT2D eigenvalue weighted by Crippen LogP contribution is 2.19. The summed E-state index contributed by atoms with van der Waals surface area (Å²) in [7, 11) is 0. The molecule has 0 bridgehead atoms. The lowest BCUT2D eigenvalue weighted by atomic mass is 10.1. The Labute approximate surface area is 92.9 Å². The molecule has 4 heteroatoms. The molecule has 0 radical (unpaired) electrons. The Morgan fingerprint density at radius 3 is 2.81 bits per heavy atom. The fourth-order valence-corrected chi connectivity index (χ4v) is 1.50. The number of aryl methyl sites for hydroxylation is 2. The Balaban J connectivity index is 2.07. The number of benzene rings is 1. The van der Waals surface area contributed by atoms with Gasteiger partial charge in [0.25, 0.3) is 0 Å². The molecule has 2 rings (SSSR count). The van der Waals surface area contributed by atoms with Gasteiger partial charge >= 0.3 is 5.76 Å². The van der Waals surface area contributed by atoms with E-state index in [1.54, 1.807) is 0 Å². The van der Waals surface area contributed by atoms with Crippen molar-refractivity contribution < 1.29 is 9.15 Å². The zero-order chi connectivity index (χ0) is 11.5. The second-order valence-corrected chi connectivity index (χ2v) is 3.70. The average Bonchev–Trinajstić information content (AvgIpc) is 2.63. The first-order valence-electron chi connectivity index (χ1n) is 5.02. The van der Waals surface area contributed by atoms with E-state index in [1.807, 2.05) is 32.0 Å². The van der Waals surface area contributed by atoms with Crippen LogP contribution in [0.5, 0.6) is 5.75 Å². The Morgan fingerprint density at radius 2 is 2.19 bits per heavy atom. The zero-order valence-corrected chi connectivity index (χ0v) is 9.24. The number of nitrogens with one attached hydrogen (secondary N) is 1. The molecule has 16 heavy (non-hydrogen) atoms. The highest BCUT2D eigenvalue weighted by atomic mass is 16.5. The van der Waals surface area contributed by atoms with Gasteiger partial charge in [0, 0.05) is 6.20 Å². The minimum absolute atomic E-state index is 0.253. The van der Waals surface area contributed by atoms with Crippen LogP contribution in [0.1, 0.15) is 16.9 Å². The third-order valence-corrected chi connectivity index (χ3v) is 2.28. The third kappa shape index (κ3) is 2.34. The molecule has 0 amide bonds. The van der Waals surface area contributed by atoms with Crippen LogP contribution >= 0.6 is 0 Å². The molecule has 84 valence electrons. The van der Waals surface area contributed by atoms with Gasteiger partial charge in [0.05, 0.1) is 0 Å². The molecule has 1 N–H and O–H groups in total. The third-order valence-electron chi connectivity index (χ3n) is 2.28. The van der Waals surface area contributed by atoms with Gasteiger partial charge in [-0.3, -0.25) is 4.98 Å². The maximum atomic E-state index is 10.7. The maximum Gasteiger partial charge on any atom is 0.416 e. The fraction of sp³-hybridized carbons (Fsp3) is 0.250. The Morgan fingerprint density at radius 1 is 1.38 bits per heavy atom. The molecule has 0 unspecified atom stereocenters. The van der Waals surface area contributed by atoms with Crippen LogP contribution in [-0.2, 0) is 6.61 Å². The van der Waals surface area contributed by atoms with Crippen LogP contribution < -0.4 is 10.5 Å². The van der Waals surface area contributed by atoms with Crippen molar-refractivity contribution in [3.05, 3.63) is 51.8 Å². The highest BCUT2D eigenvalue weighted by molar-refractivity contribution is 5.35. The van der Waals surface area contributed by atoms with Crippen LogP contribution in [0.15, 0.2) is 33.6 Å². The lowest BCUT2D eigenvalue weighted by Crippen LogP contribution is -1.97. The molecule has 0 saturated heterocycles. The number of ether oxygens (including phenoxy) is 1. The summed E-state index contributed by atoms with van der Waals surface area (Å²) >= 11 is 0. The fourth-order valence-electron chi connectivity index (χ4n) is 1.50. The van der Waals surface area contributed by atoms with Gasteiger partial charge in [0.15, 0.2) is 5.76 Å². The molecule has 4 nitrogen and oxygen atoms in total. The molecule has 1 aromatic carbocycles. The summed E-state index contributed by atoms with van der Waals surface area (Å²) < 4.78 is 10.4. The summed E-state index contributed by atoms with van der Waals surface area (Å²) in [5.74, 6) is 0.832. The molecule has 0 atom stereocenters. The first-order chi connectivity index (χ1) is 7.65. The van der Waals surface area contributed by atoms with Crippen LogP contribution in [0, 0.1) is 13.8 Å². The van der Waals surface area contributed by atoms with Crippen molar-refractivity contribution >= 4 is 0 Å². The van der Waals surface area contributed by atoms with Crippen molar-refractivity contribution in [1.29, 1.82) is 0 Å². The number of aromatic nitrogens is 1. The monoisotopic (exact) mass is 219 g/mol. The van der Waals surface area contributed by atoms with Gasteiger partial charge in [0.1, 0.15) is 12.4 Å². The van der Waals surface area contributed by atoms with Gasteiger partial charge in [-0.1, -0.05) is 17.7 Å². The summed E-state index contributed by atoms with van der Waals surface area (Å²) in [6.07, 6.45) is 1.51. The molecule has 2 aromatic rings. The maximum absolute atomic E-state index is 10.7. The molecule has 0 fully saturated rings. The van der Waals surface area contributed by atoms with Gasteiger partial charge in [-0.05, 0) is 25.5 Å². The predicted molar refractivity (Wildman–Crippen MR) is 59.6 cm³/mol. The average molecular weight is 219 g/mol. The van der Waals surface area contributed by atoms with Crippen LogP contribution in [-0.4, -0.2) is 4.98 Å². The minimum atomic E-state index is -0.459. The first-order valence-corrected chi connectivity index (χ1v) is 5.02. The number of oxazole rings is 1. The van der Waals surface area contributed by atoms with Gasteiger partial charge in [-0.15, -0.1) is 0 Å². The number of aromatic amines is 1.